The Balaban J connectivity index is 1.74. The molecule has 1 heterocycles. The van der Waals surface area contributed by atoms with Gasteiger partial charge in [-0.3, -0.25) is 0 Å². The fourth-order valence-corrected chi connectivity index (χ4v) is 2.45. The first-order valence-corrected chi connectivity index (χ1v) is 4.93. The van der Waals surface area contributed by atoms with E-state index in [1.54, 1.807) is 0 Å². The lowest BCUT2D eigenvalue weighted by atomic mass is 9.85. The van der Waals surface area contributed by atoms with Crippen LogP contribution in [0.5, 0.6) is 0 Å². The summed E-state index contributed by atoms with van der Waals surface area (Å²) in [6, 6.07) is 0. The van der Waals surface area contributed by atoms with Crippen LogP contribution in [0.4, 0.5) is 0 Å². The van der Waals surface area contributed by atoms with E-state index in [1.165, 1.54) is 38.8 Å². The van der Waals surface area contributed by atoms with Crippen molar-refractivity contribution in [1.82, 2.24) is 4.90 Å². The molecule has 0 amide bonds. The van der Waals surface area contributed by atoms with Crippen molar-refractivity contribution in [1.29, 1.82) is 0 Å². The molecule has 2 rings (SSSR count). The van der Waals surface area contributed by atoms with E-state index < -0.39 is 0 Å². The summed E-state index contributed by atoms with van der Waals surface area (Å²) in [6.07, 6.45) is 5.98. The lowest BCUT2D eigenvalue weighted by Crippen LogP contribution is -2.44. The Morgan fingerprint density at radius 1 is 1.36 bits per heavy atom. The Kier molecular flexibility index (Phi) is 1.71. The minimum atomic E-state index is 0.825. The first kappa shape index (κ1) is 7.60. The highest BCUT2D eigenvalue weighted by molar-refractivity contribution is 4.95. The standard InChI is InChI=1S/C10H19N/c1-3-10(4-5-10)6-9-7-11(2)8-9/h9H,3-8H2,1-2H3. The largest absolute Gasteiger partial charge is 0.306 e. The molecule has 0 aromatic heterocycles. The van der Waals surface area contributed by atoms with Crippen molar-refractivity contribution in [3.05, 3.63) is 0 Å². The fourth-order valence-electron chi connectivity index (χ4n) is 2.45. The van der Waals surface area contributed by atoms with Gasteiger partial charge in [0.1, 0.15) is 0 Å². The van der Waals surface area contributed by atoms with Crippen LogP contribution in [-0.2, 0) is 0 Å². The van der Waals surface area contributed by atoms with Crippen molar-refractivity contribution in [2.45, 2.75) is 32.6 Å². The minimum Gasteiger partial charge on any atom is -0.306 e. The van der Waals surface area contributed by atoms with Crippen LogP contribution in [0, 0.1) is 11.3 Å². The van der Waals surface area contributed by atoms with Crippen molar-refractivity contribution in [2.24, 2.45) is 11.3 Å². The van der Waals surface area contributed by atoms with E-state index in [1.807, 2.05) is 0 Å². The molecule has 0 bridgehead atoms. The zero-order valence-electron chi connectivity index (χ0n) is 7.77. The van der Waals surface area contributed by atoms with Gasteiger partial charge in [-0.2, -0.15) is 0 Å². The molecule has 0 N–H and O–H groups in total. The maximum Gasteiger partial charge on any atom is 0.00192 e. The van der Waals surface area contributed by atoms with Gasteiger partial charge in [-0.1, -0.05) is 13.3 Å². The van der Waals surface area contributed by atoms with E-state index in [0.717, 1.165) is 11.3 Å². The molecule has 0 atom stereocenters. The molecule has 11 heavy (non-hydrogen) atoms. The predicted molar refractivity (Wildman–Crippen MR) is 47.6 cm³/mol. The summed E-state index contributed by atoms with van der Waals surface area (Å²) in [6.45, 7) is 5.08. The van der Waals surface area contributed by atoms with Gasteiger partial charge in [-0.05, 0) is 37.6 Å². The number of likely N-dealkylation sites (tertiary alicyclic amines) is 1. The Hall–Kier alpha value is -0.0400. The zero-order valence-corrected chi connectivity index (χ0v) is 7.77. The zero-order chi connectivity index (χ0) is 7.90. The Bertz CT molecular complexity index is 143. The summed E-state index contributed by atoms with van der Waals surface area (Å²) in [5.74, 6) is 1.04. The van der Waals surface area contributed by atoms with Crippen LogP contribution in [0.15, 0.2) is 0 Å². The van der Waals surface area contributed by atoms with Gasteiger partial charge in [0, 0.05) is 13.1 Å². The SMILES string of the molecule is CCC1(CC2CN(C)C2)CC1. The second kappa shape index (κ2) is 2.48. The average Bonchev–Trinajstić information content (AvgIpc) is 2.66. The summed E-state index contributed by atoms with van der Waals surface area (Å²) in [5, 5.41) is 0. The molecule has 0 radical (unpaired) electrons. The summed E-state index contributed by atoms with van der Waals surface area (Å²) < 4.78 is 0. The molecular weight excluding hydrogens is 134 g/mol. The van der Waals surface area contributed by atoms with Crippen molar-refractivity contribution in [3.63, 3.8) is 0 Å². The van der Waals surface area contributed by atoms with Crippen LogP contribution in [-0.4, -0.2) is 25.0 Å². The van der Waals surface area contributed by atoms with Gasteiger partial charge in [0.25, 0.3) is 0 Å². The van der Waals surface area contributed by atoms with Crippen LogP contribution in [0.1, 0.15) is 32.6 Å². The Morgan fingerprint density at radius 2 is 2.00 bits per heavy atom. The molecule has 2 aliphatic rings. The number of hydrogen-bond acceptors (Lipinski definition) is 1. The van der Waals surface area contributed by atoms with E-state index >= 15 is 0 Å². The molecule has 0 aromatic rings. The van der Waals surface area contributed by atoms with Gasteiger partial charge in [-0.15, -0.1) is 0 Å². The van der Waals surface area contributed by atoms with Crippen LogP contribution in [0.25, 0.3) is 0 Å². The maximum atomic E-state index is 2.43. The lowest BCUT2D eigenvalue weighted by molar-refractivity contribution is 0.105. The maximum absolute atomic E-state index is 2.43. The summed E-state index contributed by atoms with van der Waals surface area (Å²) in [7, 11) is 2.22. The predicted octanol–water partition coefficient (Wildman–Crippen LogP) is 2.13. The van der Waals surface area contributed by atoms with Gasteiger partial charge in [0.05, 0.1) is 0 Å². The number of nitrogens with zero attached hydrogens (tertiary/aromatic N) is 1. The van der Waals surface area contributed by atoms with Gasteiger partial charge in [-0.25, -0.2) is 0 Å². The third-order valence-electron chi connectivity index (χ3n) is 3.57. The number of rotatable bonds is 3. The minimum absolute atomic E-state index is 0.825. The molecule has 0 unspecified atom stereocenters. The highest BCUT2D eigenvalue weighted by Gasteiger charge is 2.43. The lowest BCUT2D eigenvalue weighted by Gasteiger charge is -2.38. The van der Waals surface area contributed by atoms with Gasteiger partial charge in [0.2, 0.25) is 0 Å². The van der Waals surface area contributed by atoms with E-state index in [9.17, 15) is 0 Å². The third-order valence-corrected chi connectivity index (χ3v) is 3.57. The van der Waals surface area contributed by atoms with E-state index in [0.29, 0.717) is 0 Å². The average molecular weight is 153 g/mol. The molecule has 1 heteroatoms. The molecule has 1 nitrogen and oxygen atoms in total. The highest BCUT2D eigenvalue weighted by atomic mass is 15.2. The molecule has 0 spiro atoms. The van der Waals surface area contributed by atoms with Gasteiger partial charge in [0.15, 0.2) is 0 Å². The Labute approximate surface area is 69.8 Å². The van der Waals surface area contributed by atoms with Crippen LogP contribution in [0.3, 0.4) is 0 Å². The first-order valence-electron chi connectivity index (χ1n) is 4.93. The topological polar surface area (TPSA) is 3.24 Å². The molecule has 0 aromatic carbocycles. The molecule has 1 aliphatic heterocycles. The third kappa shape index (κ3) is 1.44. The molecule has 64 valence electrons. The fraction of sp³-hybridized carbons (Fsp3) is 1.00. The molecule has 1 aliphatic carbocycles. The summed E-state index contributed by atoms with van der Waals surface area (Å²) >= 11 is 0. The molecule has 2 fully saturated rings. The van der Waals surface area contributed by atoms with Crippen LogP contribution < -0.4 is 0 Å². The van der Waals surface area contributed by atoms with Crippen LogP contribution >= 0.6 is 0 Å². The van der Waals surface area contributed by atoms with Crippen molar-refractivity contribution in [2.75, 3.05) is 20.1 Å². The number of hydrogen-bond donors (Lipinski definition) is 0. The van der Waals surface area contributed by atoms with E-state index in [4.69, 9.17) is 0 Å². The quantitative estimate of drug-likeness (QED) is 0.600. The molecule has 1 saturated heterocycles. The second-order valence-electron chi connectivity index (χ2n) is 4.64. The monoisotopic (exact) mass is 153 g/mol. The summed E-state index contributed by atoms with van der Waals surface area (Å²) in [4.78, 5) is 2.43. The van der Waals surface area contributed by atoms with Gasteiger partial charge >= 0.3 is 0 Å². The van der Waals surface area contributed by atoms with Crippen molar-refractivity contribution < 1.29 is 0 Å². The normalized spacial score (nSPS) is 30.0. The van der Waals surface area contributed by atoms with E-state index in [2.05, 4.69) is 18.9 Å². The van der Waals surface area contributed by atoms with Crippen molar-refractivity contribution >= 4 is 0 Å². The van der Waals surface area contributed by atoms with E-state index in [-0.39, 0.29) is 0 Å². The molecule has 1 saturated carbocycles. The summed E-state index contributed by atoms with van der Waals surface area (Å²) in [5.41, 5.74) is 0.825. The van der Waals surface area contributed by atoms with Crippen molar-refractivity contribution in [3.8, 4) is 0 Å². The highest BCUT2D eigenvalue weighted by Crippen LogP contribution is 2.54. The van der Waals surface area contributed by atoms with Crippen LogP contribution in [0.2, 0.25) is 0 Å². The van der Waals surface area contributed by atoms with Gasteiger partial charge < -0.3 is 4.90 Å². The second-order valence-corrected chi connectivity index (χ2v) is 4.64. The smallest absolute Gasteiger partial charge is 0.00192 e. The molecular formula is C10H19N. The Morgan fingerprint density at radius 3 is 2.36 bits per heavy atom. The first-order chi connectivity index (χ1) is 5.24.